The van der Waals surface area contributed by atoms with Crippen molar-refractivity contribution in [2.75, 3.05) is 49.6 Å². The van der Waals surface area contributed by atoms with E-state index in [2.05, 4.69) is 42.1 Å². The standard InChI is InChI=1S/C21H23Br2N3O4/c1-14-18(12-17(22)20(19(14)23)30-11-10-27)24-21(29)15-2-4-16(5-3-15)26-8-6-25(13-28)7-9-26/h2-5,12-13,27H,6-11H2,1H3,(H,24,29). The van der Waals surface area contributed by atoms with Crippen LogP contribution >= 0.6 is 31.9 Å². The van der Waals surface area contributed by atoms with Gasteiger partial charge in [0.1, 0.15) is 12.4 Å². The summed E-state index contributed by atoms with van der Waals surface area (Å²) in [6.07, 6.45) is 0.884. The fraction of sp³-hybridized carbons (Fsp3) is 0.333. The SMILES string of the molecule is Cc1c(NC(=O)c2ccc(N3CCN(C=O)CC3)cc2)cc(Br)c(OCCO)c1Br. The number of piperazine rings is 1. The summed E-state index contributed by atoms with van der Waals surface area (Å²) in [7, 11) is 0. The van der Waals surface area contributed by atoms with Crippen molar-refractivity contribution in [3.05, 3.63) is 50.4 Å². The number of aliphatic hydroxyl groups is 1. The van der Waals surface area contributed by atoms with Gasteiger partial charge in [-0.05, 0) is 74.7 Å². The number of benzene rings is 2. The molecule has 1 heterocycles. The Morgan fingerprint density at radius 1 is 1.20 bits per heavy atom. The van der Waals surface area contributed by atoms with Gasteiger partial charge < -0.3 is 25.0 Å². The van der Waals surface area contributed by atoms with Gasteiger partial charge in [-0.2, -0.15) is 0 Å². The van der Waals surface area contributed by atoms with Crippen LogP contribution in [0.2, 0.25) is 0 Å². The fourth-order valence-electron chi connectivity index (χ4n) is 3.21. The van der Waals surface area contributed by atoms with Crippen molar-refractivity contribution in [1.82, 2.24) is 4.90 Å². The zero-order chi connectivity index (χ0) is 21.7. The molecule has 0 atom stereocenters. The molecule has 2 N–H and O–H groups in total. The lowest BCUT2D eigenvalue weighted by Gasteiger charge is -2.34. The molecule has 1 saturated heterocycles. The Morgan fingerprint density at radius 3 is 2.47 bits per heavy atom. The number of aliphatic hydroxyl groups excluding tert-OH is 1. The van der Waals surface area contributed by atoms with Crippen molar-refractivity contribution in [2.45, 2.75) is 6.92 Å². The number of halogens is 2. The van der Waals surface area contributed by atoms with E-state index in [0.717, 1.165) is 30.8 Å². The molecule has 0 unspecified atom stereocenters. The number of rotatable bonds is 7. The number of hydrogen-bond acceptors (Lipinski definition) is 5. The zero-order valence-electron chi connectivity index (χ0n) is 16.5. The van der Waals surface area contributed by atoms with Gasteiger partial charge in [-0.15, -0.1) is 0 Å². The molecule has 30 heavy (non-hydrogen) atoms. The molecule has 0 bridgehead atoms. The van der Waals surface area contributed by atoms with Crippen molar-refractivity contribution in [2.24, 2.45) is 0 Å². The highest BCUT2D eigenvalue weighted by atomic mass is 79.9. The number of nitrogens with one attached hydrogen (secondary N) is 1. The lowest BCUT2D eigenvalue weighted by molar-refractivity contribution is -0.118. The molecule has 0 saturated carbocycles. The molecule has 7 nitrogen and oxygen atoms in total. The van der Waals surface area contributed by atoms with E-state index in [1.807, 2.05) is 19.1 Å². The smallest absolute Gasteiger partial charge is 0.255 e. The Balaban J connectivity index is 1.70. The average molecular weight is 541 g/mol. The van der Waals surface area contributed by atoms with E-state index in [4.69, 9.17) is 9.84 Å². The summed E-state index contributed by atoms with van der Waals surface area (Å²) >= 11 is 6.96. The van der Waals surface area contributed by atoms with Gasteiger partial charge in [0.2, 0.25) is 6.41 Å². The van der Waals surface area contributed by atoms with E-state index in [9.17, 15) is 9.59 Å². The Kier molecular flexibility index (Phi) is 7.74. The third kappa shape index (κ3) is 5.14. The summed E-state index contributed by atoms with van der Waals surface area (Å²) in [5.74, 6) is 0.372. The van der Waals surface area contributed by atoms with Gasteiger partial charge in [0.15, 0.2) is 0 Å². The van der Waals surface area contributed by atoms with Crippen LogP contribution in [0.4, 0.5) is 11.4 Å². The van der Waals surface area contributed by atoms with Crippen LogP contribution in [0.5, 0.6) is 5.75 Å². The number of carbonyl (C=O) groups excluding carboxylic acids is 2. The van der Waals surface area contributed by atoms with E-state index < -0.39 is 0 Å². The third-order valence-corrected chi connectivity index (χ3v) is 6.51. The predicted molar refractivity (Wildman–Crippen MR) is 123 cm³/mol. The lowest BCUT2D eigenvalue weighted by atomic mass is 10.1. The van der Waals surface area contributed by atoms with Gasteiger partial charge in [0.25, 0.3) is 5.91 Å². The second-order valence-corrected chi connectivity index (χ2v) is 8.52. The Bertz CT molecular complexity index is 913. The minimum absolute atomic E-state index is 0.0841. The largest absolute Gasteiger partial charge is 0.489 e. The quantitative estimate of drug-likeness (QED) is 0.526. The van der Waals surface area contributed by atoms with Crippen LogP contribution in [0.15, 0.2) is 39.3 Å². The van der Waals surface area contributed by atoms with Gasteiger partial charge in [-0.25, -0.2) is 0 Å². The van der Waals surface area contributed by atoms with Gasteiger partial charge in [-0.1, -0.05) is 0 Å². The first-order valence-corrected chi connectivity index (χ1v) is 11.1. The number of carbonyl (C=O) groups is 2. The minimum atomic E-state index is -0.210. The topological polar surface area (TPSA) is 82.1 Å². The average Bonchev–Trinajstić information content (AvgIpc) is 2.77. The van der Waals surface area contributed by atoms with Crippen LogP contribution < -0.4 is 15.0 Å². The number of nitrogens with zero attached hydrogens (tertiary/aromatic N) is 2. The van der Waals surface area contributed by atoms with Crippen LogP contribution in [0.3, 0.4) is 0 Å². The molecule has 2 aromatic rings. The monoisotopic (exact) mass is 539 g/mol. The van der Waals surface area contributed by atoms with Crippen molar-refractivity contribution < 1.29 is 19.4 Å². The van der Waals surface area contributed by atoms with E-state index in [0.29, 0.717) is 39.0 Å². The molecule has 0 spiro atoms. The van der Waals surface area contributed by atoms with E-state index in [-0.39, 0.29) is 19.1 Å². The van der Waals surface area contributed by atoms with E-state index in [1.165, 1.54) is 0 Å². The summed E-state index contributed by atoms with van der Waals surface area (Å²) in [5, 5.41) is 11.9. The molecule has 2 aromatic carbocycles. The fourth-order valence-corrected chi connectivity index (χ4v) is 4.56. The second-order valence-electron chi connectivity index (χ2n) is 6.88. The normalized spacial score (nSPS) is 13.9. The first-order valence-electron chi connectivity index (χ1n) is 9.52. The van der Waals surface area contributed by atoms with Crippen LogP contribution in [-0.2, 0) is 4.79 Å². The highest BCUT2D eigenvalue weighted by Crippen LogP contribution is 2.40. The number of ether oxygens (including phenoxy) is 1. The molecule has 0 radical (unpaired) electrons. The maximum absolute atomic E-state index is 12.8. The number of anilines is 2. The Labute approximate surface area is 192 Å². The minimum Gasteiger partial charge on any atom is -0.489 e. The molecule has 3 rings (SSSR count). The maximum Gasteiger partial charge on any atom is 0.255 e. The van der Waals surface area contributed by atoms with Crippen LogP contribution in [0.1, 0.15) is 15.9 Å². The summed E-state index contributed by atoms with van der Waals surface area (Å²) in [6, 6.07) is 9.24. The van der Waals surface area contributed by atoms with Crippen molar-refractivity contribution in [3.63, 3.8) is 0 Å². The lowest BCUT2D eigenvalue weighted by Crippen LogP contribution is -2.45. The summed E-state index contributed by atoms with van der Waals surface area (Å²) < 4.78 is 6.93. The first-order chi connectivity index (χ1) is 14.4. The first kappa shape index (κ1) is 22.6. The highest BCUT2D eigenvalue weighted by molar-refractivity contribution is 9.11. The molecular formula is C21H23Br2N3O4. The number of amides is 2. The summed E-state index contributed by atoms with van der Waals surface area (Å²) in [4.78, 5) is 27.6. The highest BCUT2D eigenvalue weighted by Gasteiger charge is 2.18. The molecular weight excluding hydrogens is 518 g/mol. The summed E-state index contributed by atoms with van der Waals surface area (Å²) in [5.41, 5.74) is 3.06. The van der Waals surface area contributed by atoms with Gasteiger partial charge in [-0.3, -0.25) is 9.59 Å². The molecule has 0 aliphatic carbocycles. The molecule has 0 aromatic heterocycles. The van der Waals surface area contributed by atoms with Gasteiger partial charge >= 0.3 is 0 Å². The Hall–Kier alpha value is -2.10. The molecule has 1 aliphatic rings. The third-order valence-electron chi connectivity index (χ3n) is 4.96. The van der Waals surface area contributed by atoms with Gasteiger partial charge in [0.05, 0.1) is 15.6 Å². The van der Waals surface area contributed by atoms with Crippen molar-refractivity contribution >= 4 is 55.6 Å². The predicted octanol–water partition coefficient (Wildman–Crippen LogP) is 3.42. The molecule has 1 aliphatic heterocycles. The molecule has 9 heteroatoms. The number of hydrogen-bond donors (Lipinski definition) is 2. The van der Waals surface area contributed by atoms with Crippen LogP contribution in [0.25, 0.3) is 0 Å². The van der Waals surface area contributed by atoms with E-state index in [1.54, 1.807) is 23.1 Å². The Morgan fingerprint density at radius 2 is 1.87 bits per heavy atom. The van der Waals surface area contributed by atoms with Crippen LogP contribution in [0, 0.1) is 6.92 Å². The second kappa shape index (κ2) is 10.3. The summed E-state index contributed by atoms with van der Waals surface area (Å²) in [6.45, 7) is 4.92. The van der Waals surface area contributed by atoms with Crippen LogP contribution in [-0.4, -0.2) is 61.7 Å². The maximum atomic E-state index is 12.8. The molecule has 160 valence electrons. The van der Waals surface area contributed by atoms with Crippen molar-refractivity contribution in [1.29, 1.82) is 0 Å². The van der Waals surface area contributed by atoms with Gasteiger partial charge in [0, 0.05) is 43.1 Å². The van der Waals surface area contributed by atoms with E-state index >= 15 is 0 Å². The molecule has 2 amide bonds. The van der Waals surface area contributed by atoms with Crippen molar-refractivity contribution in [3.8, 4) is 5.75 Å². The molecule has 1 fully saturated rings. The zero-order valence-corrected chi connectivity index (χ0v) is 19.7.